The van der Waals surface area contributed by atoms with Crippen molar-refractivity contribution in [2.45, 2.75) is 25.8 Å². The molecule has 0 aliphatic heterocycles. The molecule has 1 aromatic heterocycles. The van der Waals surface area contributed by atoms with E-state index in [9.17, 15) is 14.4 Å². The highest BCUT2D eigenvalue weighted by Crippen LogP contribution is 2.15. The Morgan fingerprint density at radius 1 is 0.935 bits per heavy atom. The first-order valence-electron chi connectivity index (χ1n) is 9.88. The number of carbonyl (C=O) groups excluding carboxylic acids is 2. The second kappa shape index (κ2) is 10.4. The van der Waals surface area contributed by atoms with Crippen molar-refractivity contribution in [3.8, 4) is 5.69 Å². The average Bonchev–Trinajstić information content (AvgIpc) is 2.76. The molecule has 3 N–H and O–H groups in total. The van der Waals surface area contributed by atoms with Crippen LogP contribution in [0.25, 0.3) is 5.69 Å². The van der Waals surface area contributed by atoms with E-state index < -0.39 is 12.1 Å². The van der Waals surface area contributed by atoms with Crippen LogP contribution in [0.3, 0.4) is 0 Å². The minimum atomic E-state index is -0.700. The summed E-state index contributed by atoms with van der Waals surface area (Å²) >= 11 is 5.85. The fourth-order valence-electron chi connectivity index (χ4n) is 2.99. The highest BCUT2D eigenvalue weighted by Gasteiger charge is 2.20. The van der Waals surface area contributed by atoms with Gasteiger partial charge in [0.2, 0.25) is 5.91 Å². The molecule has 0 aliphatic carbocycles. The largest absolute Gasteiger partial charge is 0.326 e. The fraction of sp³-hybridized carbons (Fsp3) is 0.174. The number of halogens is 1. The molecule has 0 unspecified atom stereocenters. The third-order valence-electron chi connectivity index (χ3n) is 4.54. The van der Waals surface area contributed by atoms with E-state index in [1.807, 2.05) is 6.92 Å². The molecule has 0 aliphatic rings. The van der Waals surface area contributed by atoms with Gasteiger partial charge in [-0.3, -0.25) is 14.2 Å². The molecule has 0 radical (unpaired) electrons. The number of urea groups is 1. The second-order valence-electron chi connectivity index (χ2n) is 6.89. The SMILES string of the molecule is CCC[C@H](NC(=O)Nc1ccc(Cl)cc1)C(=O)Nc1ccc(-n2ccccc2=O)cc1. The van der Waals surface area contributed by atoms with Crippen LogP contribution in [-0.2, 0) is 4.79 Å². The van der Waals surface area contributed by atoms with Crippen molar-refractivity contribution in [2.24, 2.45) is 0 Å². The Morgan fingerprint density at radius 3 is 2.23 bits per heavy atom. The molecular weight excluding hydrogens is 416 g/mol. The summed E-state index contributed by atoms with van der Waals surface area (Å²) in [5, 5.41) is 8.77. The van der Waals surface area contributed by atoms with Crippen molar-refractivity contribution in [1.29, 1.82) is 0 Å². The Morgan fingerprint density at radius 2 is 1.58 bits per heavy atom. The number of rotatable bonds is 7. The van der Waals surface area contributed by atoms with Crippen LogP contribution in [0.5, 0.6) is 0 Å². The minimum Gasteiger partial charge on any atom is -0.326 e. The van der Waals surface area contributed by atoms with Crippen LogP contribution in [0, 0.1) is 0 Å². The second-order valence-corrected chi connectivity index (χ2v) is 7.33. The molecule has 2 aromatic carbocycles. The molecule has 8 heteroatoms. The maximum absolute atomic E-state index is 12.7. The van der Waals surface area contributed by atoms with Gasteiger partial charge in [0.25, 0.3) is 5.56 Å². The predicted molar refractivity (Wildman–Crippen MR) is 123 cm³/mol. The van der Waals surface area contributed by atoms with E-state index in [0.717, 1.165) is 6.42 Å². The van der Waals surface area contributed by atoms with Crippen LogP contribution in [0.4, 0.5) is 16.2 Å². The minimum absolute atomic E-state index is 0.141. The molecule has 3 rings (SSSR count). The quantitative estimate of drug-likeness (QED) is 0.509. The number of aromatic nitrogens is 1. The molecule has 0 saturated heterocycles. The summed E-state index contributed by atoms with van der Waals surface area (Å²) in [7, 11) is 0. The van der Waals surface area contributed by atoms with Gasteiger partial charge >= 0.3 is 6.03 Å². The predicted octanol–water partition coefficient (Wildman–Crippen LogP) is 4.42. The first-order valence-corrected chi connectivity index (χ1v) is 10.3. The molecule has 0 saturated carbocycles. The number of anilines is 2. The van der Waals surface area contributed by atoms with E-state index in [-0.39, 0.29) is 11.5 Å². The fourth-order valence-corrected chi connectivity index (χ4v) is 3.12. The van der Waals surface area contributed by atoms with Gasteiger partial charge in [-0.15, -0.1) is 0 Å². The van der Waals surface area contributed by atoms with Gasteiger partial charge in [-0.1, -0.05) is 31.0 Å². The maximum Gasteiger partial charge on any atom is 0.319 e. The molecule has 3 amide bonds. The van der Waals surface area contributed by atoms with E-state index in [0.29, 0.717) is 28.5 Å². The lowest BCUT2D eigenvalue weighted by molar-refractivity contribution is -0.118. The number of hydrogen-bond acceptors (Lipinski definition) is 3. The van der Waals surface area contributed by atoms with Gasteiger partial charge in [-0.05, 0) is 61.0 Å². The van der Waals surface area contributed by atoms with E-state index in [1.54, 1.807) is 66.9 Å². The summed E-state index contributed by atoms with van der Waals surface area (Å²) in [4.78, 5) is 37.0. The molecule has 7 nitrogen and oxygen atoms in total. The summed E-state index contributed by atoms with van der Waals surface area (Å²) < 4.78 is 1.51. The average molecular weight is 439 g/mol. The number of amides is 3. The first kappa shape index (κ1) is 22.1. The van der Waals surface area contributed by atoms with Gasteiger partial charge in [0.15, 0.2) is 0 Å². The Labute approximate surface area is 185 Å². The van der Waals surface area contributed by atoms with Gasteiger partial charge < -0.3 is 16.0 Å². The molecule has 31 heavy (non-hydrogen) atoms. The zero-order valence-electron chi connectivity index (χ0n) is 17.0. The van der Waals surface area contributed by atoms with Crippen molar-refractivity contribution >= 4 is 34.9 Å². The monoisotopic (exact) mass is 438 g/mol. The standard InChI is InChI=1S/C23H23ClN4O3/c1-2-5-20(27-23(31)26-18-9-7-16(24)8-10-18)22(30)25-17-11-13-19(14-12-17)28-15-4-3-6-21(28)29/h3-4,6-15,20H,2,5H2,1H3,(H,25,30)(H2,26,27,31)/t20-/m0/s1. The van der Waals surface area contributed by atoms with E-state index >= 15 is 0 Å². The zero-order valence-corrected chi connectivity index (χ0v) is 17.7. The molecule has 0 bridgehead atoms. The van der Waals surface area contributed by atoms with Crippen molar-refractivity contribution in [3.05, 3.63) is 88.3 Å². The Bertz CT molecular complexity index is 1090. The summed E-state index contributed by atoms with van der Waals surface area (Å²) in [6.07, 6.45) is 2.88. The van der Waals surface area contributed by atoms with Crippen molar-refractivity contribution in [3.63, 3.8) is 0 Å². The smallest absolute Gasteiger partial charge is 0.319 e. The summed E-state index contributed by atoms with van der Waals surface area (Å²) in [6.45, 7) is 1.94. The van der Waals surface area contributed by atoms with Crippen LogP contribution < -0.4 is 21.5 Å². The van der Waals surface area contributed by atoms with Gasteiger partial charge in [-0.2, -0.15) is 0 Å². The van der Waals surface area contributed by atoms with Crippen LogP contribution in [0.1, 0.15) is 19.8 Å². The normalized spacial score (nSPS) is 11.4. The molecule has 1 atom stereocenters. The lowest BCUT2D eigenvalue weighted by atomic mass is 10.1. The van der Waals surface area contributed by atoms with Crippen LogP contribution in [0.15, 0.2) is 77.7 Å². The lowest BCUT2D eigenvalue weighted by Crippen LogP contribution is -2.45. The van der Waals surface area contributed by atoms with Crippen LogP contribution in [-0.4, -0.2) is 22.5 Å². The number of hydrogen-bond donors (Lipinski definition) is 3. The highest BCUT2D eigenvalue weighted by molar-refractivity contribution is 6.30. The maximum atomic E-state index is 12.7. The number of carbonyl (C=O) groups is 2. The van der Waals surface area contributed by atoms with Crippen molar-refractivity contribution in [1.82, 2.24) is 9.88 Å². The van der Waals surface area contributed by atoms with Gasteiger partial charge in [0.1, 0.15) is 6.04 Å². The Kier molecular flexibility index (Phi) is 7.45. The van der Waals surface area contributed by atoms with Gasteiger partial charge in [0.05, 0.1) is 0 Å². The first-order chi connectivity index (χ1) is 15.0. The van der Waals surface area contributed by atoms with E-state index in [2.05, 4.69) is 16.0 Å². The topological polar surface area (TPSA) is 92.2 Å². The Hall–Kier alpha value is -3.58. The van der Waals surface area contributed by atoms with E-state index in [4.69, 9.17) is 11.6 Å². The summed E-state index contributed by atoms with van der Waals surface area (Å²) in [6, 6.07) is 17.3. The third kappa shape index (κ3) is 6.20. The van der Waals surface area contributed by atoms with Gasteiger partial charge in [-0.25, -0.2) is 4.79 Å². The number of nitrogens with zero attached hydrogens (tertiary/aromatic N) is 1. The molecule has 0 fully saturated rings. The number of benzene rings is 2. The van der Waals surface area contributed by atoms with Crippen molar-refractivity contribution < 1.29 is 9.59 Å². The molecule has 0 spiro atoms. The van der Waals surface area contributed by atoms with Gasteiger partial charge in [0, 0.05) is 34.3 Å². The summed E-state index contributed by atoms with van der Waals surface area (Å²) in [5.41, 5.74) is 1.69. The molecule has 1 heterocycles. The summed E-state index contributed by atoms with van der Waals surface area (Å²) in [5.74, 6) is -0.322. The lowest BCUT2D eigenvalue weighted by Gasteiger charge is -2.18. The van der Waals surface area contributed by atoms with Crippen LogP contribution in [0.2, 0.25) is 5.02 Å². The van der Waals surface area contributed by atoms with Crippen LogP contribution >= 0.6 is 11.6 Å². The highest BCUT2D eigenvalue weighted by atomic mass is 35.5. The third-order valence-corrected chi connectivity index (χ3v) is 4.79. The number of pyridine rings is 1. The molecular formula is C23H23ClN4O3. The number of nitrogens with one attached hydrogen (secondary N) is 3. The molecule has 3 aromatic rings. The van der Waals surface area contributed by atoms with Crippen molar-refractivity contribution in [2.75, 3.05) is 10.6 Å². The Balaban J connectivity index is 1.63. The molecule has 160 valence electrons. The zero-order chi connectivity index (χ0) is 22.2. The van der Waals surface area contributed by atoms with E-state index in [1.165, 1.54) is 10.6 Å².